The molecule has 18 heavy (non-hydrogen) atoms. The number of hydrogen-bond donors (Lipinski definition) is 1. The van der Waals surface area contributed by atoms with Gasteiger partial charge in [0.25, 0.3) is 0 Å². The fourth-order valence-corrected chi connectivity index (χ4v) is 1.86. The quantitative estimate of drug-likeness (QED) is 0.681. The second-order valence-corrected chi connectivity index (χ2v) is 5.05. The van der Waals surface area contributed by atoms with Crippen molar-refractivity contribution >= 4 is 0 Å². The Morgan fingerprint density at radius 3 is 2.83 bits per heavy atom. The molecule has 100 valence electrons. The van der Waals surface area contributed by atoms with Gasteiger partial charge in [0.05, 0.1) is 18.5 Å². The van der Waals surface area contributed by atoms with E-state index in [1.54, 1.807) is 0 Å². The van der Waals surface area contributed by atoms with E-state index in [4.69, 9.17) is 4.74 Å². The molecule has 0 spiro atoms. The number of nitrogens with one attached hydrogen (secondary N) is 1. The SMILES string of the molecule is CCCCCCOc1ccc(CNC2CC2)nc1. The Hall–Kier alpha value is -1.09. The van der Waals surface area contributed by atoms with Gasteiger partial charge >= 0.3 is 0 Å². The number of nitrogens with zero attached hydrogens (tertiary/aromatic N) is 1. The van der Waals surface area contributed by atoms with Gasteiger partial charge in [0.15, 0.2) is 0 Å². The molecule has 1 saturated carbocycles. The first-order valence-corrected chi connectivity index (χ1v) is 7.19. The third kappa shape index (κ3) is 5.05. The van der Waals surface area contributed by atoms with E-state index in [-0.39, 0.29) is 0 Å². The van der Waals surface area contributed by atoms with E-state index in [1.165, 1.54) is 32.1 Å². The summed E-state index contributed by atoms with van der Waals surface area (Å²) in [4.78, 5) is 4.41. The molecule has 1 aromatic rings. The van der Waals surface area contributed by atoms with Gasteiger partial charge in [-0.05, 0) is 31.4 Å². The Kier molecular flexibility index (Phi) is 5.46. The molecule has 0 aromatic carbocycles. The maximum absolute atomic E-state index is 5.66. The van der Waals surface area contributed by atoms with Gasteiger partial charge in [-0.1, -0.05) is 26.2 Å². The second kappa shape index (κ2) is 7.37. The highest BCUT2D eigenvalue weighted by Crippen LogP contribution is 2.19. The zero-order chi connectivity index (χ0) is 12.6. The molecule has 0 radical (unpaired) electrons. The summed E-state index contributed by atoms with van der Waals surface area (Å²) in [5.74, 6) is 0.890. The van der Waals surface area contributed by atoms with Crippen molar-refractivity contribution in [1.82, 2.24) is 10.3 Å². The van der Waals surface area contributed by atoms with Crippen molar-refractivity contribution in [3.63, 3.8) is 0 Å². The first-order valence-electron chi connectivity index (χ1n) is 7.19. The largest absolute Gasteiger partial charge is 0.492 e. The van der Waals surface area contributed by atoms with Gasteiger partial charge in [0.2, 0.25) is 0 Å². The lowest BCUT2D eigenvalue weighted by Crippen LogP contribution is -2.16. The third-order valence-corrected chi connectivity index (χ3v) is 3.21. The highest BCUT2D eigenvalue weighted by Gasteiger charge is 2.19. The lowest BCUT2D eigenvalue weighted by atomic mass is 10.2. The first-order chi connectivity index (χ1) is 8.88. The predicted octanol–water partition coefficient (Wildman–Crippen LogP) is 3.29. The maximum Gasteiger partial charge on any atom is 0.137 e. The molecule has 1 aliphatic rings. The molecule has 0 bridgehead atoms. The molecule has 0 saturated heterocycles. The van der Waals surface area contributed by atoms with Crippen LogP contribution in [0.25, 0.3) is 0 Å². The van der Waals surface area contributed by atoms with Crippen molar-refractivity contribution in [3.05, 3.63) is 24.0 Å². The zero-order valence-electron chi connectivity index (χ0n) is 11.3. The lowest BCUT2D eigenvalue weighted by molar-refractivity contribution is 0.303. The molecule has 1 N–H and O–H groups in total. The van der Waals surface area contributed by atoms with Crippen LogP contribution in [0.2, 0.25) is 0 Å². The Morgan fingerprint density at radius 1 is 1.28 bits per heavy atom. The number of unbranched alkanes of at least 4 members (excludes halogenated alkanes) is 3. The van der Waals surface area contributed by atoms with Gasteiger partial charge in [0, 0.05) is 12.6 Å². The second-order valence-electron chi connectivity index (χ2n) is 5.05. The van der Waals surface area contributed by atoms with Crippen molar-refractivity contribution in [2.75, 3.05) is 6.61 Å². The molecule has 3 heteroatoms. The maximum atomic E-state index is 5.66. The van der Waals surface area contributed by atoms with Crippen molar-refractivity contribution in [3.8, 4) is 5.75 Å². The summed E-state index contributed by atoms with van der Waals surface area (Å²) >= 11 is 0. The van der Waals surface area contributed by atoms with Crippen molar-refractivity contribution in [2.45, 2.75) is 58.0 Å². The number of aromatic nitrogens is 1. The van der Waals surface area contributed by atoms with Gasteiger partial charge < -0.3 is 10.1 Å². The molecule has 0 unspecified atom stereocenters. The van der Waals surface area contributed by atoms with E-state index >= 15 is 0 Å². The smallest absolute Gasteiger partial charge is 0.137 e. The Balaban J connectivity index is 1.63. The fraction of sp³-hybridized carbons (Fsp3) is 0.667. The molecule has 0 aliphatic heterocycles. The molecule has 1 aromatic heterocycles. The van der Waals surface area contributed by atoms with Crippen LogP contribution in [0.4, 0.5) is 0 Å². The van der Waals surface area contributed by atoms with Gasteiger partial charge in [0.1, 0.15) is 5.75 Å². The van der Waals surface area contributed by atoms with Crippen LogP contribution in [-0.2, 0) is 6.54 Å². The van der Waals surface area contributed by atoms with Crippen LogP contribution in [0.5, 0.6) is 5.75 Å². The Labute approximate surface area is 110 Å². The van der Waals surface area contributed by atoms with Crippen molar-refractivity contribution in [2.24, 2.45) is 0 Å². The molecule has 0 amide bonds. The minimum atomic E-state index is 0.737. The molecular weight excluding hydrogens is 224 g/mol. The third-order valence-electron chi connectivity index (χ3n) is 3.21. The predicted molar refractivity (Wildman–Crippen MR) is 73.7 cm³/mol. The molecule has 3 nitrogen and oxygen atoms in total. The summed E-state index contributed by atoms with van der Waals surface area (Å²) in [5, 5.41) is 3.46. The molecule has 2 rings (SSSR count). The van der Waals surface area contributed by atoms with E-state index in [1.807, 2.05) is 12.3 Å². The van der Waals surface area contributed by atoms with E-state index < -0.39 is 0 Å². The van der Waals surface area contributed by atoms with Crippen LogP contribution in [0.3, 0.4) is 0 Å². The monoisotopic (exact) mass is 248 g/mol. The Bertz CT molecular complexity index is 333. The van der Waals surface area contributed by atoms with Gasteiger partial charge in [-0.2, -0.15) is 0 Å². The topological polar surface area (TPSA) is 34.1 Å². The number of pyridine rings is 1. The first kappa shape index (κ1) is 13.3. The van der Waals surface area contributed by atoms with Crippen LogP contribution < -0.4 is 10.1 Å². The average Bonchev–Trinajstić information content (AvgIpc) is 3.22. The molecule has 1 fully saturated rings. The molecule has 1 aliphatic carbocycles. The molecular formula is C15H24N2O. The summed E-state index contributed by atoms with van der Waals surface area (Å²) in [5.41, 5.74) is 1.10. The molecule has 1 heterocycles. The van der Waals surface area contributed by atoms with Crippen LogP contribution >= 0.6 is 0 Å². The normalized spacial score (nSPS) is 14.7. The Morgan fingerprint density at radius 2 is 2.17 bits per heavy atom. The number of rotatable bonds is 9. The standard InChI is InChI=1S/C15H24N2O/c1-2-3-4-5-10-18-15-9-8-14(17-12-15)11-16-13-6-7-13/h8-9,12-13,16H,2-7,10-11H2,1H3. The van der Waals surface area contributed by atoms with Crippen molar-refractivity contribution in [1.29, 1.82) is 0 Å². The molecule has 0 atom stereocenters. The summed E-state index contributed by atoms with van der Waals surface area (Å²) in [7, 11) is 0. The van der Waals surface area contributed by atoms with E-state index in [0.717, 1.165) is 37.1 Å². The van der Waals surface area contributed by atoms with Crippen molar-refractivity contribution < 1.29 is 4.74 Å². The minimum Gasteiger partial charge on any atom is -0.492 e. The summed E-state index contributed by atoms with van der Waals surface area (Å²) < 4.78 is 5.66. The van der Waals surface area contributed by atoms with Gasteiger partial charge in [-0.3, -0.25) is 4.98 Å². The zero-order valence-corrected chi connectivity index (χ0v) is 11.3. The van der Waals surface area contributed by atoms with Gasteiger partial charge in [-0.25, -0.2) is 0 Å². The van der Waals surface area contributed by atoms with Crippen LogP contribution in [-0.4, -0.2) is 17.6 Å². The fourth-order valence-electron chi connectivity index (χ4n) is 1.86. The van der Waals surface area contributed by atoms with Gasteiger partial charge in [-0.15, -0.1) is 0 Å². The highest BCUT2D eigenvalue weighted by molar-refractivity contribution is 5.19. The van der Waals surface area contributed by atoms with Crippen LogP contribution in [0.15, 0.2) is 18.3 Å². The average molecular weight is 248 g/mol. The summed E-state index contributed by atoms with van der Waals surface area (Å²) in [6.07, 6.45) is 9.44. The number of ether oxygens (including phenoxy) is 1. The van der Waals surface area contributed by atoms with E-state index in [9.17, 15) is 0 Å². The van der Waals surface area contributed by atoms with Crippen LogP contribution in [0.1, 0.15) is 51.1 Å². The van der Waals surface area contributed by atoms with E-state index in [0.29, 0.717) is 0 Å². The highest BCUT2D eigenvalue weighted by atomic mass is 16.5. The summed E-state index contributed by atoms with van der Waals surface area (Å²) in [6, 6.07) is 4.81. The minimum absolute atomic E-state index is 0.737. The summed E-state index contributed by atoms with van der Waals surface area (Å²) in [6.45, 7) is 3.90. The van der Waals surface area contributed by atoms with E-state index in [2.05, 4.69) is 23.3 Å². The van der Waals surface area contributed by atoms with Crippen LogP contribution in [0, 0.1) is 0 Å². The number of hydrogen-bond acceptors (Lipinski definition) is 3. The lowest BCUT2D eigenvalue weighted by Gasteiger charge is -2.07.